The molecule has 0 spiro atoms. The van der Waals surface area contributed by atoms with Crippen LogP contribution in [0, 0.1) is 6.92 Å². The Balaban J connectivity index is 1.97. The number of hydrogen-bond acceptors (Lipinski definition) is 3. The Morgan fingerprint density at radius 3 is 2.46 bits per heavy atom. The zero-order chi connectivity index (χ0) is 20.8. The molecule has 0 heterocycles. The van der Waals surface area contributed by atoms with E-state index in [0.29, 0.717) is 27.5 Å². The van der Waals surface area contributed by atoms with Crippen molar-refractivity contribution < 1.29 is 9.53 Å². The fourth-order valence-corrected chi connectivity index (χ4v) is 4.46. The maximum Gasteiger partial charge on any atom is 0.230 e. The van der Waals surface area contributed by atoms with E-state index < -0.39 is 0 Å². The highest BCUT2D eigenvalue weighted by atomic mass is 35.5. The van der Waals surface area contributed by atoms with E-state index in [1.54, 1.807) is 13.2 Å². The van der Waals surface area contributed by atoms with Gasteiger partial charge in [-0.25, -0.2) is 0 Å². The van der Waals surface area contributed by atoms with Gasteiger partial charge >= 0.3 is 0 Å². The number of benzene rings is 2. The lowest BCUT2D eigenvalue weighted by Gasteiger charge is -2.21. The summed E-state index contributed by atoms with van der Waals surface area (Å²) >= 11 is 13.6. The minimum Gasteiger partial charge on any atom is -0.496 e. The molecule has 2 aromatic rings. The van der Waals surface area contributed by atoms with Gasteiger partial charge in [0.05, 0.1) is 18.9 Å². The van der Waals surface area contributed by atoms with E-state index in [-0.39, 0.29) is 11.9 Å². The lowest BCUT2D eigenvalue weighted by atomic mass is 9.93. The maximum absolute atomic E-state index is 12.4. The maximum atomic E-state index is 12.4. The summed E-state index contributed by atoms with van der Waals surface area (Å²) in [7, 11) is 1.69. The molecule has 1 N–H and O–H groups in total. The van der Waals surface area contributed by atoms with Crippen LogP contribution >= 0.6 is 35.0 Å². The monoisotopic (exact) mass is 439 g/mol. The van der Waals surface area contributed by atoms with Crippen molar-refractivity contribution in [1.82, 2.24) is 5.32 Å². The predicted octanol–water partition coefficient (Wildman–Crippen LogP) is 6.54. The van der Waals surface area contributed by atoms with Crippen LogP contribution in [0.1, 0.15) is 55.0 Å². The van der Waals surface area contributed by atoms with Gasteiger partial charge in [0, 0.05) is 15.8 Å². The number of nitrogens with one attached hydrogen (secondary N) is 1. The van der Waals surface area contributed by atoms with Gasteiger partial charge in [0.1, 0.15) is 5.75 Å². The first-order chi connectivity index (χ1) is 13.2. The molecule has 0 bridgehead atoms. The Bertz CT molecular complexity index is 840. The third-order valence-electron chi connectivity index (χ3n) is 4.59. The molecule has 2 rings (SSSR count). The van der Waals surface area contributed by atoms with Crippen LogP contribution in [0.2, 0.25) is 10.0 Å². The molecule has 0 aliphatic carbocycles. The molecule has 0 saturated heterocycles. The molecule has 152 valence electrons. The van der Waals surface area contributed by atoms with Crippen molar-refractivity contribution in [2.45, 2.75) is 45.4 Å². The number of ether oxygens (including phenoxy) is 1. The Kier molecular flexibility index (Phi) is 8.54. The van der Waals surface area contributed by atoms with Crippen molar-refractivity contribution in [3.8, 4) is 5.75 Å². The summed E-state index contributed by atoms with van der Waals surface area (Å²) in [4.78, 5) is 12.4. The number of aryl methyl sites for hydroxylation is 1. The van der Waals surface area contributed by atoms with E-state index >= 15 is 0 Å². The Labute approximate surface area is 182 Å². The van der Waals surface area contributed by atoms with E-state index in [1.165, 1.54) is 11.8 Å². The summed E-state index contributed by atoms with van der Waals surface area (Å²) in [5.41, 5.74) is 4.35. The predicted molar refractivity (Wildman–Crippen MR) is 121 cm³/mol. The van der Waals surface area contributed by atoms with Crippen molar-refractivity contribution in [3.63, 3.8) is 0 Å². The molecule has 1 unspecified atom stereocenters. The normalized spacial score (nSPS) is 12.1. The number of methoxy groups -OCH3 is 1. The zero-order valence-corrected chi connectivity index (χ0v) is 19.3. The second kappa shape index (κ2) is 10.4. The molecule has 0 fully saturated rings. The summed E-state index contributed by atoms with van der Waals surface area (Å²) in [6.45, 7) is 8.33. The first kappa shape index (κ1) is 22.9. The molecular formula is C22H27Cl2NO2S. The second-order valence-electron chi connectivity index (χ2n) is 7.12. The number of amides is 1. The molecule has 0 saturated carbocycles. The number of hydrogen-bond donors (Lipinski definition) is 1. The number of carbonyl (C=O) groups excluding carboxylic acids is 1. The summed E-state index contributed by atoms with van der Waals surface area (Å²) in [5.74, 6) is 2.28. The van der Waals surface area contributed by atoms with Gasteiger partial charge in [-0.1, -0.05) is 43.1 Å². The van der Waals surface area contributed by atoms with Gasteiger partial charge in [-0.05, 0) is 66.3 Å². The van der Waals surface area contributed by atoms with Gasteiger partial charge in [-0.15, -0.1) is 11.8 Å². The average Bonchev–Trinajstić information content (AvgIpc) is 2.62. The van der Waals surface area contributed by atoms with Crippen LogP contribution in [0.5, 0.6) is 5.75 Å². The lowest BCUT2D eigenvalue weighted by Crippen LogP contribution is -2.28. The van der Waals surface area contributed by atoms with Crippen molar-refractivity contribution in [2.75, 3.05) is 12.9 Å². The van der Waals surface area contributed by atoms with E-state index in [4.69, 9.17) is 27.9 Å². The minimum atomic E-state index is -0.0735. The van der Waals surface area contributed by atoms with Crippen molar-refractivity contribution in [2.24, 2.45) is 0 Å². The molecule has 3 nitrogen and oxygen atoms in total. The minimum absolute atomic E-state index is 0.00361. The van der Waals surface area contributed by atoms with Gasteiger partial charge in [-0.2, -0.15) is 0 Å². The Morgan fingerprint density at radius 1 is 1.14 bits per heavy atom. The van der Waals surface area contributed by atoms with Gasteiger partial charge in [0.2, 0.25) is 5.91 Å². The third kappa shape index (κ3) is 6.07. The topological polar surface area (TPSA) is 38.3 Å². The molecule has 6 heteroatoms. The molecule has 28 heavy (non-hydrogen) atoms. The molecule has 0 aromatic heterocycles. The van der Waals surface area contributed by atoms with Crippen LogP contribution in [0.15, 0.2) is 30.3 Å². The average molecular weight is 440 g/mol. The van der Waals surface area contributed by atoms with Gasteiger partial charge in [-0.3, -0.25) is 4.79 Å². The zero-order valence-electron chi connectivity index (χ0n) is 16.9. The van der Waals surface area contributed by atoms with Crippen LogP contribution in [-0.4, -0.2) is 18.8 Å². The quantitative estimate of drug-likeness (QED) is 0.506. The van der Waals surface area contributed by atoms with Crippen LogP contribution < -0.4 is 10.1 Å². The molecular weight excluding hydrogens is 413 g/mol. The SMILES string of the molecule is COc1cc(C)c(C(C)NC(=O)CSCc2ccc(Cl)cc2Cl)cc1C(C)C. The molecule has 0 radical (unpaired) electrons. The highest BCUT2D eigenvalue weighted by Gasteiger charge is 2.17. The molecule has 0 aliphatic heterocycles. The standard InChI is InChI=1S/C22H27Cl2NO2S/c1-13(2)18-10-19(14(3)8-21(18)27-5)15(4)25-22(26)12-28-11-16-6-7-17(23)9-20(16)24/h6-10,13,15H,11-12H2,1-5H3,(H,25,26). The van der Waals surface area contributed by atoms with Gasteiger partial charge in [0.25, 0.3) is 0 Å². The number of rotatable bonds is 8. The van der Waals surface area contributed by atoms with E-state index in [1.807, 2.05) is 32.0 Å². The number of thioether (sulfide) groups is 1. The first-order valence-electron chi connectivity index (χ1n) is 9.22. The smallest absolute Gasteiger partial charge is 0.230 e. The third-order valence-corrected chi connectivity index (χ3v) is 6.16. The second-order valence-corrected chi connectivity index (χ2v) is 8.95. The van der Waals surface area contributed by atoms with Crippen LogP contribution in [0.4, 0.5) is 0 Å². The molecule has 1 atom stereocenters. The molecule has 0 aliphatic rings. The summed E-state index contributed by atoms with van der Waals surface area (Å²) in [6, 6.07) is 9.54. The molecule has 1 amide bonds. The van der Waals surface area contributed by atoms with Gasteiger partial charge in [0.15, 0.2) is 0 Å². The highest BCUT2D eigenvalue weighted by molar-refractivity contribution is 7.99. The highest BCUT2D eigenvalue weighted by Crippen LogP contribution is 2.32. The largest absolute Gasteiger partial charge is 0.496 e. The van der Waals surface area contributed by atoms with Crippen molar-refractivity contribution in [3.05, 3.63) is 62.6 Å². The summed E-state index contributed by atoms with van der Waals surface area (Å²) < 4.78 is 5.51. The van der Waals surface area contributed by atoms with Crippen LogP contribution in [-0.2, 0) is 10.5 Å². The van der Waals surface area contributed by atoms with Crippen molar-refractivity contribution in [1.29, 1.82) is 0 Å². The van der Waals surface area contributed by atoms with Crippen LogP contribution in [0.25, 0.3) is 0 Å². The fraction of sp³-hybridized carbons (Fsp3) is 0.409. The van der Waals surface area contributed by atoms with Gasteiger partial charge < -0.3 is 10.1 Å². The van der Waals surface area contributed by atoms with E-state index in [0.717, 1.165) is 28.0 Å². The molecule has 2 aromatic carbocycles. The summed E-state index contributed by atoms with van der Waals surface area (Å²) in [6.07, 6.45) is 0. The Morgan fingerprint density at radius 2 is 1.86 bits per heavy atom. The number of halogens is 2. The van der Waals surface area contributed by atoms with Crippen molar-refractivity contribution >= 4 is 40.9 Å². The summed E-state index contributed by atoms with van der Waals surface area (Å²) in [5, 5.41) is 4.34. The van der Waals surface area contributed by atoms with E-state index in [2.05, 4.69) is 25.2 Å². The lowest BCUT2D eigenvalue weighted by molar-refractivity contribution is -0.119. The van der Waals surface area contributed by atoms with Crippen LogP contribution in [0.3, 0.4) is 0 Å². The Hall–Kier alpha value is -1.36. The van der Waals surface area contributed by atoms with E-state index in [9.17, 15) is 4.79 Å². The first-order valence-corrected chi connectivity index (χ1v) is 11.1. The fourth-order valence-electron chi connectivity index (χ4n) is 3.06. The number of carbonyl (C=O) groups is 1.